The van der Waals surface area contributed by atoms with Crippen LogP contribution in [-0.4, -0.2) is 73.2 Å². The third-order valence-electron chi connectivity index (χ3n) is 10.6. The lowest BCUT2D eigenvalue weighted by atomic mass is 9.82. The Kier molecular flexibility index (Phi) is 11.9. The third kappa shape index (κ3) is 7.83. The van der Waals surface area contributed by atoms with Crippen molar-refractivity contribution in [2.45, 2.75) is 103 Å². The number of hydrogen-bond acceptors (Lipinski definition) is 6. The van der Waals surface area contributed by atoms with Crippen LogP contribution in [0.15, 0.2) is 71.8 Å². The summed E-state index contributed by atoms with van der Waals surface area (Å²) in [5.74, 6) is -0.788. The molecule has 2 fully saturated rings. The number of anilines is 2. The summed E-state index contributed by atoms with van der Waals surface area (Å²) in [5.41, 5.74) is 3.70. The van der Waals surface area contributed by atoms with Crippen LogP contribution in [0.5, 0.6) is 0 Å². The quantitative estimate of drug-likeness (QED) is 0.184. The molecular weight excluding hydrogens is 647 g/mol. The van der Waals surface area contributed by atoms with E-state index in [0.717, 1.165) is 42.6 Å². The molecule has 10 heteroatoms. The van der Waals surface area contributed by atoms with E-state index < -0.39 is 31.5 Å². The van der Waals surface area contributed by atoms with Crippen LogP contribution in [0, 0.1) is 5.92 Å². The second-order valence-electron chi connectivity index (χ2n) is 15.1. The minimum absolute atomic E-state index is 0.0309. The summed E-state index contributed by atoms with van der Waals surface area (Å²) in [6.45, 7) is 13.2. The lowest BCUT2D eigenvalue weighted by Crippen LogP contribution is -2.46. The number of hydrogen-bond donors (Lipinski definition) is 2. The molecule has 9 nitrogen and oxygen atoms in total. The van der Waals surface area contributed by atoms with Crippen molar-refractivity contribution in [2.24, 2.45) is 5.92 Å². The van der Waals surface area contributed by atoms with Crippen molar-refractivity contribution in [3.8, 4) is 0 Å². The molecule has 0 unspecified atom stereocenters. The molecule has 0 aliphatic carbocycles. The molecule has 0 aromatic heterocycles. The van der Waals surface area contributed by atoms with Gasteiger partial charge in [0.2, 0.25) is 11.8 Å². The van der Waals surface area contributed by atoms with Crippen LogP contribution >= 0.6 is 0 Å². The van der Waals surface area contributed by atoms with Gasteiger partial charge in [0.25, 0.3) is 5.91 Å². The van der Waals surface area contributed by atoms with Crippen molar-refractivity contribution in [3.05, 3.63) is 83.0 Å². The average molecular weight is 702 g/mol. The Morgan fingerprint density at radius 2 is 1.82 bits per heavy atom. The van der Waals surface area contributed by atoms with Gasteiger partial charge in [0.1, 0.15) is 0 Å². The molecule has 5 rings (SSSR count). The minimum atomic E-state index is -3.03. The fraction of sp³-hybridized carbons (Fsp3) is 0.525. The van der Waals surface area contributed by atoms with E-state index in [-0.39, 0.29) is 37.3 Å². The summed E-state index contributed by atoms with van der Waals surface area (Å²) in [6, 6.07) is 15.4. The Balaban J connectivity index is 1.53. The summed E-state index contributed by atoms with van der Waals surface area (Å²) in [6.07, 6.45) is 7.63. The number of ether oxygens (including phenoxy) is 1. The summed E-state index contributed by atoms with van der Waals surface area (Å²) < 4.78 is 6.99. The van der Waals surface area contributed by atoms with Gasteiger partial charge in [-0.3, -0.25) is 14.4 Å². The van der Waals surface area contributed by atoms with Gasteiger partial charge < -0.3 is 29.3 Å². The van der Waals surface area contributed by atoms with Gasteiger partial charge in [0, 0.05) is 55.3 Å². The predicted octanol–water partition coefficient (Wildman–Crippen LogP) is 6.45. The van der Waals surface area contributed by atoms with Gasteiger partial charge in [-0.2, -0.15) is 0 Å². The lowest BCUT2D eigenvalue weighted by molar-refractivity contribution is -0.149. The molecule has 2 aromatic rings. The first-order valence-electron chi connectivity index (χ1n) is 18.2. The maximum atomic E-state index is 14.9. The summed E-state index contributed by atoms with van der Waals surface area (Å²) in [7, 11) is -3.03. The largest absolute Gasteiger partial charge is 0.432 e. The van der Waals surface area contributed by atoms with E-state index in [2.05, 4.69) is 32.9 Å². The smallest absolute Gasteiger partial charge is 0.264 e. The SMILES string of the molecule is CC(C)=CCC/C(C)=C/CN1C(=O)[C@]2(O[C@H](CC(=O)N(CCO)Cc3ccccc3)[C@@H]([Si](C)(C)O)[C@@H]2C)c2cc(N3CCCCC3=O)ccc21. The molecule has 4 atom stereocenters. The van der Waals surface area contributed by atoms with E-state index in [9.17, 15) is 24.3 Å². The molecule has 2 N–H and O–H groups in total. The van der Waals surface area contributed by atoms with Crippen molar-refractivity contribution in [2.75, 3.05) is 36.0 Å². The molecule has 2 aromatic carbocycles. The lowest BCUT2D eigenvalue weighted by Gasteiger charge is -2.33. The van der Waals surface area contributed by atoms with Crippen LogP contribution in [0.1, 0.15) is 77.3 Å². The van der Waals surface area contributed by atoms with Crippen LogP contribution in [0.4, 0.5) is 11.4 Å². The highest BCUT2D eigenvalue weighted by molar-refractivity contribution is 6.71. The summed E-state index contributed by atoms with van der Waals surface area (Å²) in [5, 5.41) is 9.86. The van der Waals surface area contributed by atoms with E-state index in [1.165, 1.54) is 11.1 Å². The van der Waals surface area contributed by atoms with E-state index in [1.807, 2.05) is 68.5 Å². The first-order valence-corrected chi connectivity index (χ1v) is 21.2. The topological polar surface area (TPSA) is 111 Å². The molecule has 2 saturated heterocycles. The van der Waals surface area contributed by atoms with E-state index in [0.29, 0.717) is 31.6 Å². The van der Waals surface area contributed by atoms with Crippen molar-refractivity contribution >= 4 is 37.4 Å². The number of nitrogens with zero attached hydrogens (tertiary/aromatic N) is 3. The summed E-state index contributed by atoms with van der Waals surface area (Å²) in [4.78, 5) is 58.9. The molecule has 3 aliphatic heterocycles. The fourth-order valence-corrected chi connectivity index (χ4v) is 10.7. The number of piperidine rings is 1. The van der Waals surface area contributed by atoms with Crippen molar-refractivity contribution in [3.63, 3.8) is 0 Å². The first-order chi connectivity index (χ1) is 23.8. The number of amides is 3. The second-order valence-corrected chi connectivity index (χ2v) is 19.1. The van der Waals surface area contributed by atoms with Crippen molar-refractivity contribution < 1.29 is 29.0 Å². The molecule has 3 amide bonds. The standard InChI is InChI=1S/C40H55N3O6Si/c1-28(2)13-12-14-29(3)20-22-43-34-19-18-32(42-21-11-10-17-36(42)45)25-33(34)40(39(43)47)30(4)38(50(5,6)48)35(49-40)26-37(46)41(23-24-44)27-31-15-8-7-9-16-31/h7-9,13,15-16,18-20,25,30,35,38,44,48H,10-12,14,17,21-24,26-27H2,1-6H3/b29-20+/t30-,35+,38-,40+/m0/s1. The summed E-state index contributed by atoms with van der Waals surface area (Å²) >= 11 is 0. The van der Waals surface area contributed by atoms with Gasteiger partial charge in [-0.1, -0.05) is 60.6 Å². The Morgan fingerprint density at radius 1 is 1.08 bits per heavy atom. The second kappa shape index (κ2) is 15.8. The van der Waals surface area contributed by atoms with Gasteiger partial charge >= 0.3 is 0 Å². The Bertz CT molecular complexity index is 1610. The maximum absolute atomic E-state index is 14.9. The molecule has 270 valence electrons. The Labute approximate surface area is 298 Å². The molecule has 3 aliphatic rings. The zero-order valence-electron chi connectivity index (χ0n) is 30.7. The highest BCUT2D eigenvalue weighted by atomic mass is 28.4. The normalized spacial score (nSPS) is 23.8. The van der Waals surface area contributed by atoms with Gasteiger partial charge in [-0.05, 0) is 83.3 Å². The monoisotopic (exact) mass is 701 g/mol. The molecule has 50 heavy (non-hydrogen) atoms. The molecule has 3 heterocycles. The zero-order chi connectivity index (χ0) is 36.2. The number of allylic oxidation sites excluding steroid dienone is 3. The van der Waals surface area contributed by atoms with Crippen LogP contribution in [0.3, 0.4) is 0 Å². The van der Waals surface area contributed by atoms with Gasteiger partial charge in [-0.15, -0.1) is 0 Å². The van der Waals surface area contributed by atoms with Crippen LogP contribution in [-0.2, 0) is 31.3 Å². The Hall–Kier alpha value is -3.57. The van der Waals surface area contributed by atoms with E-state index >= 15 is 0 Å². The number of rotatable bonds is 13. The number of aliphatic hydroxyl groups excluding tert-OH is 1. The minimum Gasteiger partial charge on any atom is -0.432 e. The number of benzene rings is 2. The Morgan fingerprint density at radius 3 is 2.48 bits per heavy atom. The maximum Gasteiger partial charge on any atom is 0.264 e. The van der Waals surface area contributed by atoms with Crippen LogP contribution < -0.4 is 9.80 Å². The number of aliphatic hydroxyl groups is 1. The molecule has 0 radical (unpaired) electrons. The first kappa shape index (κ1) is 37.7. The third-order valence-corrected chi connectivity index (χ3v) is 13.1. The fourth-order valence-electron chi connectivity index (χ4n) is 8.15. The van der Waals surface area contributed by atoms with Crippen LogP contribution in [0.25, 0.3) is 0 Å². The number of carbonyl (C=O) groups is 3. The van der Waals surface area contributed by atoms with E-state index in [4.69, 9.17) is 4.74 Å². The predicted molar refractivity (Wildman–Crippen MR) is 200 cm³/mol. The average Bonchev–Trinajstić information content (AvgIpc) is 3.49. The molecule has 0 bridgehead atoms. The number of fused-ring (bicyclic) bond motifs is 2. The molecular formula is C40H55N3O6Si. The van der Waals surface area contributed by atoms with Gasteiger partial charge in [0.05, 0.1) is 24.8 Å². The van der Waals surface area contributed by atoms with Crippen LogP contribution in [0.2, 0.25) is 18.6 Å². The zero-order valence-corrected chi connectivity index (χ0v) is 31.7. The van der Waals surface area contributed by atoms with Gasteiger partial charge in [-0.25, -0.2) is 0 Å². The van der Waals surface area contributed by atoms with Gasteiger partial charge in [0.15, 0.2) is 13.9 Å². The van der Waals surface area contributed by atoms with E-state index in [1.54, 1.807) is 14.7 Å². The van der Waals surface area contributed by atoms with Crippen molar-refractivity contribution in [1.82, 2.24) is 4.90 Å². The van der Waals surface area contributed by atoms with Crippen molar-refractivity contribution in [1.29, 1.82) is 0 Å². The highest BCUT2D eigenvalue weighted by Gasteiger charge is 2.66. The molecule has 1 spiro atoms. The number of carbonyl (C=O) groups excluding carboxylic acids is 3. The highest BCUT2D eigenvalue weighted by Crippen LogP contribution is 2.60. The molecule has 0 saturated carbocycles.